The number of nitrogens with zero attached hydrogens (tertiary/aromatic N) is 1. The summed E-state index contributed by atoms with van der Waals surface area (Å²) in [5.74, 6) is 0.0651. The number of anilines is 1. The normalized spacial score (nSPS) is 10.1. The molecule has 7 heteroatoms. The van der Waals surface area contributed by atoms with Crippen LogP contribution in [0.1, 0.15) is 11.1 Å². The number of ether oxygens (including phenoxy) is 2. The standard InChI is InChI=1S/C17H18N2O5/c1-11-4-5-13(8-12(11)2)18-17(20)10-24-14-6-7-15(19(21)22)16(9-14)23-3/h4-9H,10H2,1-3H3,(H,18,20). The minimum Gasteiger partial charge on any atom is -0.490 e. The van der Waals surface area contributed by atoms with Gasteiger partial charge in [-0.2, -0.15) is 0 Å². The Kier molecular flexibility index (Phi) is 5.36. The van der Waals surface area contributed by atoms with Gasteiger partial charge in [0.2, 0.25) is 5.75 Å². The highest BCUT2D eigenvalue weighted by Crippen LogP contribution is 2.30. The van der Waals surface area contributed by atoms with Crippen LogP contribution in [0.3, 0.4) is 0 Å². The smallest absolute Gasteiger partial charge is 0.311 e. The number of amides is 1. The molecule has 0 aliphatic heterocycles. The van der Waals surface area contributed by atoms with E-state index in [2.05, 4.69) is 5.32 Å². The van der Waals surface area contributed by atoms with Crippen molar-refractivity contribution in [2.45, 2.75) is 13.8 Å². The van der Waals surface area contributed by atoms with Crippen LogP contribution in [0.2, 0.25) is 0 Å². The van der Waals surface area contributed by atoms with Crippen LogP contribution in [0, 0.1) is 24.0 Å². The van der Waals surface area contributed by atoms with E-state index in [9.17, 15) is 14.9 Å². The maximum absolute atomic E-state index is 11.9. The maximum Gasteiger partial charge on any atom is 0.311 e. The van der Waals surface area contributed by atoms with E-state index >= 15 is 0 Å². The van der Waals surface area contributed by atoms with Gasteiger partial charge in [0.15, 0.2) is 6.61 Å². The molecule has 0 aliphatic carbocycles. The first-order valence-electron chi connectivity index (χ1n) is 7.23. The first-order valence-corrected chi connectivity index (χ1v) is 7.23. The third kappa shape index (κ3) is 4.22. The van der Waals surface area contributed by atoms with Gasteiger partial charge in [-0.25, -0.2) is 0 Å². The number of carbonyl (C=O) groups excluding carboxylic acids is 1. The van der Waals surface area contributed by atoms with Gasteiger partial charge in [-0.3, -0.25) is 14.9 Å². The van der Waals surface area contributed by atoms with Crippen molar-refractivity contribution < 1.29 is 19.2 Å². The topological polar surface area (TPSA) is 90.7 Å². The van der Waals surface area contributed by atoms with E-state index in [1.54, 1.807) is 0 Å². The number of rotatable bonds is 6. The molecule has 0 heterocycles. The van der Waals surface area contributed by atoms with Crippen molar-refractivity contribution in [3.05, 3.63) is 57.6 Å². The summed E-state index contributed by atoms with van der Waals surface area (Å²) in [5.41, 5.74) is 2.74. The highest BCUT2D eigenvalue weighted by molar-refractivity contribution is 5.92. The number of benzene rings is 2. The van der Waals surface area contributed by atoms with Crippen molar-refractivity contribution >= 4 is 17.3 Å². The summed E-state index contributed by atoms with van der Waals surface area (Å²) in [7, 11) is 1.33. The van der Waals surface area contributed by atoms with Gasteiger partial charge >= 0.3 is 5.69 Å². The van der Waals surface area contributed by atoms with Crippen LogP contribution >= 0.6 is 0 Å². The fourth-order valence-electron chi connectivity index (χ4n) is 2.06. The average molecular weight is 330 g/mol. The van der Waals surface area contributed by atoms with Crippen LogP contribution in [-0.4, -0.2) is 24.5 Å². The predicted octanol–water partition coefficient (Wildman–Crippen LogP) is 3.24. The second-order valence-corrected chi connectivity index (χ2v) is 5.23. The van der Waals surface area contributed by atoms with Crippen molar-refractivity contribution in [1.29, 1.82) is 0 Å². The average Bonchev–Trinajstić information content (AvgIpc) is 2.56. The fourth-order valence-corrected chi connectivity index (χ4v) is 2.06. The minimum absolute atomic E-state index is 0.0760. The highest BCUT2D eigenvalue weighted by atomic mass is 16.6. The molecular formula is C17H18N2O5. The zero-order valence-electron chi connectivity index (χ0n) is 13.7. The summed E-state index contributed by atoms with van der Waals surface area (Å²) in [6, 6.07) is 9.69. The fraction of sp³-hybridized carbons (Fsp3) is 0.235. The molecule has 2 aromatic rings. The molecule has 0 unspecified atom stereocenters. The Bertz CT molecular complexity index is 774. The second kappa shape index (κ2) is 7.45. The largest absolute Gasteiger partial charge is 0.490 e. The molecule has 0 saturated heterocycles. The van der Waals surface area contributed by atoms with Crippen LogP contribution in [0.4, 0.5) is 11.4 Å². The molecule has 126 valence electrons. The third-order valence-electron chi connectivity index (χ3n) is 3.51. The zero-order valence-corrected chi connectivity index (χ0v) is 13.7. The molecular weight excluding hydrogens is 312 g/mol. The van der Waals surface area contributed by atoms with Gasteiger partial charge in [-0.05, 0) is 43.2 Å². The molecule has 0 aromatic heterocycles. The van der Waals surface area contributed by atoms with Crippen molar-refractivity contribution in [1.82, 2.24) is 0 Å². The van der Waals surface area contributed by atoms with Crippen LogP contribution in [0.25, 0.3) is 0 Å². The lowest BCUT2D eigenvalue weighted by atomic mass is 10.1. The van der Waals surface area contributed by atoms with Gasteiger partial charge in [-0.1, -0.05) is 6.07 Å². The number of hydrogen-bond donors (Lipinski definition) is 1. The summed E-state index contributed by atoms with van der Waals surface area (Å²) >= 11 is 0. The van der Waals surface area contributed by atoms with Gasteiger partial charge in [0, 0.05) is 17.8 Å². The molecule has 0 radical (unpaired) electrons. The van der Waals surface area contributed by atoms with E-state index in [1.807, 2.05) is 32.0 Å². The van der Waals surface area contributed by atoms with E-state index in [0.717, 1.165) is 11.1 Å². The van der Waals surface area contributed by atoms with Gasteiger partial charge in [0.25, 0.3) is 5.91 Å². The lowest BCUT2D eigenvalue weighted by Crippen LogP contribution is -2.20. The molecule has 2 aromatic carbocycles. The summed E-state index contributed by atoms with van der Waals surface area (Å²) in [4.78, 5) is 22.2. The number of carbonyl (C=O) groups is 1. The summed E-state index contributed by atoms with van der Waals surface area (Å²) in [6.07, 6.45) is 0. The first kappa shape index (κ1) is 17.3. The first-order chi connectivity index (χ1) is 11.4. The van der Waals surface area contributed by atoms with Gasteiger partial charge in [0.1, 0.15) is 5.75 Å². The Labute approximate surface area is 139 Å². The van der Waals surface area contributed by atoms with Crippen LogP contribution in [0.15, 0.2) is 36.4 Å². The summed E-state index contributed by atoms with van der Waals surface area (Å²) < 4.78 is 10.3. The molecule has 24 heavy (non-hydrogen) atoms. The molecule has 0 atom stereocenters. The number of nitro groups is 1. The summed E-state index contributed by atoms with van der Waals surface area (Å²) in [6.45, 7) is 3.74. The van der Waals surface area contributed by atoms with Crippen LogP contribution in [-0.2, 0) is 4.79 Å². The summed E-state index contributed by atoms with van der Waals surface area (Å²) in [5, 5.41) is 13.6. The lowest BCUT2D eigenvalue weighted by Gasteiger charge is -2.10. The number of nitrogens with one attached hydrogen (secondary N) is 1. The molecule has 7 nitrogen and oxygen atoms in total. The Morgan fingerprint density at radius 2 is 1.92 bits per heavy atom. The van der Waals surface area contributed by atoms with E-state index < -0.39 is 4.92 Å². The van der Waals surface area contributed by atoms with Crippen molar-refractivity contribution in [2.24, 2.45) is 0 Å². The van der Waals surface area contributed by atoms with E-state index in [1.165, 1.54) is 25.3 Å². The zero-order chi connectivity index (χ0) is 17.7. The van der Waals surface area contributed by atoms with Crippen molar-refractivity contribution in [2.75, 3.05) is 19.0 Å². The number of aryl methyl sites for hydroxylation is 2. The molecule has 1 N–H and O–H groups in total. The van der Waals surface area contributed by atoms with Crippen LogP contribution < -0.4 is 14.8 Å². The molecule has 0 fully saturated rings. The van der Waals surface area contributed by atoms with E-state index in [-0.39, 0.29) is 24.0 Å². The lowest BCUT2D eigenvalue weighted by molar-refractivity contribution is -0.385. The number of nitro benzene ring substituents is 1. The van der Waals surface area contributed by atoms with Gasteiger partial charge in [-0.15, -0.1) is 0 Å². The molecule has 1 amide bonds. The molecule has 0 bridgehead atoms. The van der Waals surface area contributed by atoms with Crippen LogP contribution in [0.5, 0.6) is 11.5 Å². The van der Waals surface area contributed by atoms with E-state index in [4.69, 9.17) is 9.47 Å². The van der Waals surface area contributed by atoms with E-state index in [0.29, 0.717) is 11.4 Å². The maximum atomic E-state index is 11.9. The number of methoxy groups -OCH3 is 1. The monoisotopic (exact) mass is 330 g/mol. The Morgan fingerprint density at radius 3 is 2.54 bits per heavy atom. The van der Waals surface area contributed by atoms with Crippen molar-refractivity contribution in [3.63, 3.8) is 0 Å². The van der Waals surface area contributed by atoms with Gasteiger partial charge in [0.05, 0.1) is 12.0 Å². The predicted molar refractivity (Wildman–Crippen MR) is 89.7 cm³/mol. The van der Waals surface area contributed by atoms with Gasteiger partial charge < -0.3 is 14.8 Å². The number of hydrogen-bond acceptors (Lipinski definition) is 5. The quantitative estimate of drug-likeness (QED) is 0.648. The molecule has 2 rings (SSSR count). The minimum atomic E-state index is -0.547. The Balaban J connectivity index is 1.98. The SMILES string of the molecule is COc1cc(OCC(=O)Nc2ccc(C)c(C)c2)ccc1[N+](=O)[O-]. The Hall–Kier alpha value is -3.09. The second-order valence-electron chi connectivity index (χ2n) is 5.23. The third-order valence-corrected chi connectivity index (χ3v) is 3.51. The molecule has 0 spiro atoms. The molecule has 0 saturated carbocycles. The van der Waals surface area contributed by atoms with Crippen molar-refractivity contribution in [3.8, 4) is 11.5 Å². The Morgan fingerprint density at radius 1 is 1.17 bits per heavy atom. The highest BCUT2D eigenvalue weighted by Gasteiger charge is 2.15. The molecule has 0 aliphatic rings.